The second kappa shape index (κ2) is 6.74. The first-order valence-electron chi connectivity index (χ1n) is 8.19. The van der Waals surface area contributed by atoms with Gasteiger partial charge >= 0.3 is 6.03 Å². The van der Waals surface area contributed by atoms with Gasteiger partial charge in [-0.05, 0) is 25.8 Å². The van der Waals surface area contributed by atoms with Crippen LogP contribution < -0.4 is 16.2 Å². The van der Waals surface area contributed by atoms with Crippen molar-refractivity contribution >= 4 is 11.7 Å². The number of nitrogens with one attached hydrogen (secondary N) is 3. The van der Waals surface area contributed by atoms with Crippen LogP contribution in [-0.2, 0) is 4.74 Å². The Hall–Kier alpha value is -1.82. The zero-order chi connectivity index (χ0) is 17.2. The van der Waals surface area contributed by atoms with Gasteiger partial charge in [-0.1, -0.05) is 20.8 Å². The van der Waals surface area contributed by atoms with Crippen molar-refractivity contribution in [3.63, 3.8) is 0 Å². The second-order valence-electron chi connectivity index (χ2n) is 6.43. The summed E-state index contributed by atoms with van der Waals surface area (Å²) >= 11 is 0. The Morgan fingerprint density at radius 1 is 1.39 bits per heavy atom. The van der Waals surface area contributed by atoms with Crippen molar-refractivity contribution < 1.29 is 9.53 Å². The fourth-order valence-corrected chi connectivity index (χ4v) is 4.08. The molecular weight excluding hydrogens is 294 g/mol. The maximum atomic E-state index is 12.3. The molecule has 0 unspecified atom stereocenters. The van der Waals surface area contributed by atoms with Crippen molar-refractivity contribution in [2.75, 3.05) is 12.4 Å². The maximum Gasteiger partial charge on any atom is 0.319 e. The van der Waals surface area contributed by atoms with Crippen LogP contribution >= 0.6 is 0 Å². The molecule has 0 bridgehead atoms. The predicted octanol–water partition coefficient (Wildman–Crippen LogP) is 2.64. The van der Waals surface area contributed by atoms with Gasteiger partial charge in [0.2, 0.25) is 0 Å². The van der Waals surface area contributed by atoms with E-state index >= 15 is 0 Å². The van der Waals surface area contributed by atoms with Crippen LogP contribution in [0.4, 0.5) is 10.5 Å². The number of hydrogen-bond acceptors (Lipinski definition) is 3. The molecule has 6 heteroatoms. The summed E-state index contributed by atoms with van der Waals surface area (Å²) in [5.41, 5.74) is 0.971. The van der Waals surface area contributed by atoms with Gasteiger partial charge < -0.3 is 20.4 Å². The van der Waals surface area contributed by atoms with Gasteiger partial charge in [0.05, 0.1) is 11.8 Å². The van der Waals surface area contributed by atoms with Crippen molar-refractivity contribution in [3.8, 4) is 0 Å². The number of urea groups is 1. The van der Waals surface area contributed by atoms with Gasteiger partial charge in [0.25, 0.3) is 5.56 Å². The number of carbonyl (C=O) groups excluding carboxylic acids is 1. The highest BCUT2D eigenvalue weighted by Gasteiger charge is 2.58. The van der Waals surface area contributed by atoms with Crippen molar-refractivity contribution in [1.82, 2.24) is 10.3 Å². The van der Waals surface area contributed by atoms with E-state index in [1.807, 2.05) is 0 Å². The number of carbonyl (C=O) groups is 1. The van der Waals surface area contributed by atoms with Crippen molar-refractivity contribution in [3.05, 3.63) is 28.2 Å². The van der Waals surface area contributed by atoms with Gasteiger partial charge in [0, 0.05) is 36.2 Å². The number of aryl methyl sites for hydroxylation is 1. The number of ether oxygens (including phenoxy) is 1. The van der Waals surface area contributed by atoms with Crippen molar-refractivity contribution in [1.29, 1.82) is 0 Å². The fraction of sp³-hybridized carbons (Fsp3) is 0.647. The molecule has 1 aliphatic carbocycles. The zero-order valence-corrected chi connectivity index (χ0v) is 14.5. The monoisotopic (exact) mass is 321 g/mol. The summed E-state index contributed by atoms with van der Waals surface area (Å²) in [5.74, 6) is 0.267. The third-order valence-electron chi connectivity index (χ3n) is 5.39. The number of anilines is 1. The zero-order valence-electron chi connectivity index (χ0n) is 14.5. The number of H-pyrrole nitrogens is 1. The Labute approximate surface area is 137 Å². The van der Waals surface area contributed by atoms with Crippen LogP contribution in [0.5, 0.6) is 0 Å². The number of hydrogen-bond donors (Lipinski definition) is 3. The van der Waals surface area contributed by atoms with Crippen LogP contribution in [0.3, 0.4) is 0 Å². The van der Waals surface area contributed by atoms with Gasteiger partial charge in [-0.3, -0.25) is 4.79 Å². The van der Waals surface area contributed by atoms with Gasteiger partial charge in [0.1, 0.15) is 0 Å². The van der Waals surface area contributed by atoms with Gasteiger partial charge in [0.15, 0.2) is 0 Å². The summed E-state index contributed by atoms with van der Waals surface area (Å²) in [6.07, 6.45) is 3.58. The first-order valence-corrected chi connectivity index (χ1v) is 8.19. The lowest BCUT2D eigenvalue weighted by Crippen LogP contribution is -2.70. The number of aromatic nitrogens is 1. The molecule has 1 saturated carbocycles. The smallest absolute Gasteiger partial charge is 0.319 e. The molecule has 2 rings (SSSR count). The molecule has 1 aromatic heterocycles. The van der Waals surface area contributed by atoms with E-state index in [4.69, 9.17) is 4.74 Å². The molecule has 2 amide bonds. The summed E-state index contributed by atoms with van der Waals surface area (Å²) < 4.78 is 5.64. The molecule has 1 aromatic rings. The normalized spacial score (nSPS) is 25.5. The van der Waals surface area contributed by atoms with Crippen LogP contribution in [0.25, 0.3) is 0 Å². The van der Waals surface area contributed by atoms with E-state index in [9.17, 15) is 9.59 Å². The molecule has 23 heavy (non-hydrogen) atoms. The van der Waals surface area contributed by atoms with E-state index in [-0.39, 0.29) is 35.1 Å². The van der Waals surface area contributed by atoms with Crippen LogP contribution in [0, 0.1) is 18.3 Å². The molecule has 128 valence electrons. The standard InChI is InChI=1S/C17H27N3O3/c1-6-17(7-2)13(11(4)14(17)23-5)20-16(22)19-12-8-10(3)15(21)18-9-12/h8-9,11,13-14H,6-7H2,1-5H3,(H,18,21)(H2,19,20,22)/t11-,13+,14+/m0/s1. The number of pyridine rings is 1. The second-order valence-corrected chi connectivity index (χ2v) is 6.43. The first kappa shape index (κ1) is 17.5. The first-order chi connectivity index (χ1) is 10.9. The molecule has 1 heterocycles. The lowest BCUT2D eigenvalue weighted by atomic mass is 9.53. The Morgan fingerprint density at radius 2 is 2.04 bits per heavy atom. The summed E-state index contributed by atoms with van der Waals surface area (Å²) in [7, 11) is 1.74. The Balaban J connectivity index is 2.07. The van der Waals surface area contributed by atoms with Gasteiger partial charge in [-0.25, -0.2) is 4.79 Å². The highest BCUT2D eigenvalue weighted by Crippen LogP contribution is 2.52. The molecule has 6 nitrogen and oxygen atoms in total. The molecule has 0 aromatic carbocycles. The van der Waals surface area contributed by atoms with Crippen molar-refractivity contribution in [2.45, 2.75) is 52.7 Å². The SMILES string of the molecule is CCC1(CC)[C@H](NC(=O)Nc2c[nH]c(=O)c(C)c2)[C@H](C)[C@H]1OC. The lowest BCUT2D eigenvalue weighted by molar-refractivity contribution is -0.163. The number of amides is 2. The third-order valence-corrected chi connectivity index (χ3v) is 5.39. The largest absolute Gasteiger partial charge is 0.380 e. The summed E-state index contributed by atoms with van der Waals surface area (Å²) in [6.45, 7) is 8.09. The quantitative estimate of drug-likeness (QED) is 0.779. The minimum absolute atomic E-state index is 0.0214. The predicted molar refractivity (Wildman–Crippen MR) is 90.7 cm³/mol. The van der Waals surface area contributed by atoms with Gasteiger partial charge in [-0.15, -0.1) is 0 Å². The molecule has 3 N–H and O–H groups in total. The molecule has 1 aliphatic rings. The van der Waals surface area contributed by atoms with Crippen LogP contribution in [0.2, 0.25) is 0 Å². The van der Waals surface area contributed by atoms with E-state index in [1.54, 1.807) is 20.1 Å². The van der Waals surface area contributed by atoms with Crippen LogP contribution in [0.15, 0.2) is 17.1 Å². The van der Waals surface area contributed by atoms with E-state index in [0.29, 0.717) is 11.3 Å². The molecule has 1 fully saturated rings. The highest BCUT2D eigenvalue weighted by molar-refractivity contribution is 5.89. The Bertz CT molecular complexity index is 622. The van der Waals surface area contributed by atoms with Gasteiger partial charge in [-0.2, -0.15) is 0 Å². The topological polar surface area (TPSA) is 83.2 Å². The Kier molecular flexibility index (Phi) is 5.14. The number of methoxy groups -OCH3 is 1. The molecule has 0 aliphatic heterocycles. The van der Waals surface area contributed by atoms with E-state index < -0.39 is 0 Å². The highest BCUT2D eigenvalue weighted by atomic mass is 16.5. The van der Waals surface area contributed by atoms with Crippen LogP contribution in [-0.4, -0.2) is 30.3 Å². The van der Waals surface area contributed by atoms with E-state index in [1.165, 1.54) is 6.20 Å². The number of aromatic amines is 1. The molecule has 0 saturated heterocycles. The van der Waals surface area contributed by atoms with Crippen molar-refractivity contribution in [2.24, 2.45) is 11.3 Å². The average molecular weight is 321 g/mol. The third kappa shape index (κ3) is 3.00. The molecule has 0 spiro atoms. The molecule has 0 radical (unpaired) electrons. The summed E-state index contributed by atoms with van der Waals surface area (Å²) in [5, 5.41) is 5.87. The number of rotatable bonds is 5. The fourth-order valence-electron chi connectivity index (χ4n) is 4.08. The minimum atomic E-state index is -0.255. The van der Waals surface area contributed by atoms with Crippen LogP contribution in [0.1, 0.15) is 39.2 Å². The maximum absolute atomic E-state index is 12.3. The molecule has 3 atom stereocenters. The Morgan fingerprint density at radius 3 is 2.57 bits per heavy atom. The lowest BCUT2D eigenvalue weighted by Gasteiger charge is -2.59. The molecular formula is C17H27N3O3. The summed E-state index contributed by atoms with van der Waals surface area (Å²) in [6, 6.07) is 1.48. The average Bonchev–Trinajstić information content (AvgIpc) is 2.53. The minimum Gasteiger partial charge on any atom is -0.380 e. The van der Waals surface area contributed by atoms with E-state index in [2.05, 4.69) is 36.4 Å². The van der Waals surface area contributed by atoms with E-state index in [0.717, 1.165) is 12.8 Å². The summed E-state index contributed by atoms with van der Waals surface area (Å²) in [4.78, 5) is 26.3.